The van der Waals surface area contributed by atoms with E-state index in [1.54, 1.807) is 57.7 Å². The highest BCUT2D eigenvalue weighted by Gasteiger charge is 2.13. The molecule has 2 aromatic rings. The van der Waals surface area contributed by atoms with Crippen LogP contribution in [0, 0.1) is 0 Å². The highest BCUT2D eigenvalue weighted by molar-refractivity contribution is 6.05. The number of nitrogens with one attached hydrogen (secondary N) is 1. The number of carbonyl (C=O) groups is 1. The lowest BCUT2D eigenvalue weighted by atomic mass is 10.1. The molecule has 0 radical (unpaired) electrons. The van der Waals surface area contributed by atoms with Crippen molar-refractivity contribution in [2.24, 2.45) is 0 Å². The molecular formula is C18H21NO5. The minimum Gasteiger partial charge on any atom is -0.497 e. The van der Waals surface area contributed by atoms with Crippen LogP contribution in [0.5, 0.6) is 17.2 Å². The van der Waals surface area contributed by atoms with Crippen LogP contribution in [0.2, 0.25) is 0 Å². The lowest BCUT2D eigenvalue weighted by Crippen LogP contribution is -2.13. The van der Waals surface area contributed by atoms with E-state index in [0.717, 1.165) is 5.56 Å². The van der Waals surface area contributed by atoms with Crippen molar-refractivity contribution in [2.45, 2.75) is 6.61 Å². The lowest BCUT2D eigenvalue weighted by molar-refractivity contribution is 0.102. The maximum atomic E-state index is 12.5. The predicted molar refractivity (Wildman–Crippen MR) is 91.2 cm³/mol. The Kier molecular flexibility index (Phi) is 6.03. The summed E-state index contributed by atoms with van der Waals surface area (Å²) in [5, 5.41) is 2.83. The van der Waals surface area contributed by atoms with Crippen molar-refractivity contribution in [3.05, 3.63) is 47.5 Å². The number of anilines is 1. The Morgan fingerprint density at radius 3 is 2.29 bits per heavy atom. The molecule has 0 saturated carbocycles. The van der Waals surface area contributed by atoms with Crippen molar-refractivity contribution in [1.29, 1.82) is 0 Å². The highest BCUT2D eigenvalue weighted by Crippen LogP contribution is 2.29. The first-order valence-electron chi connectivity index (χ1n) is 7.32. The summed E-state index contributed by atoms with van der Waals surface area (Å²) < 4.78 is 20.8. The standard InChI is InChI=1S/C18H21NO5/c1-21-11-13-9-12(5-8-16(13)23-3)18(20)19-15-7-6-14(22-2)10-17(15)24-4/h5-10H,11H2,1-4H3,(H,19,20). The zero-order chi connectivity index (χ0) is 17.5. The molecule has 0 atom stereocenters. The molecular weight excluding hydrogens is 310 g/mol. The number of carbonyl (C=O) groups excluding carboxylic acids is 1. The monoisotopic (exact) mass is 331 g/mol. The molecule has 0 unspecified atom stereocenters. The topological polar surface area (TPSA) is 66.0 Å². The zero-order valence-electron chi connectivity index (χ0n) is 14.2. The number of methoxy groups -OCH3 is 4. The van der Waals surface area contributed by atoms with Crippen LogP contribution >= 0.6 is 0 Å². The third-order valence-corrected chi connectivity index (χ3v) is 3.50. The fraction of sp³-hybridized carbons (Fsp3) is 0.278. The summed E-state index contributed by atoms with van der Waals surface area (Å²) in [6.45, 7) is 0.357. The second-order valence-electron chi connectivity index (χ2n) is 4.98. The first-order valence-corrected chi connectivity index (χ1v) is 7.32. The summed E-state index contributed by atoms with van der Waals surface area (Å²) in [5.41, 5.74) is 1.86. The first-order chi connectivity index (χ1) is 11.6. The van der Waals surface area contributed by atoms with Crippen LogP contribution in [-0.4, -0.2) is 34.3 Å². The summed E-state index contributed by atoms with van der Waals surface area (Å²) in [6, 6.07) is 10.4. The zero-order valence-corrected chi connectivity index (χ0v) is 14.2. The molecule has 0 aromatic heterocycles. The van der Waals surface area contributed by atoms with E-state index in [-0.39, 0.29) is 5.91 Å². The molecule has 0 aliphatic heterocycles. The maximum Gasteiger partial charge on any atom is 0.255 e. The smallest absolute Gasteiger partial charge is 0.255 e. The predicted octanol–water partition coefficient (Wildman–Crippen LogP) is 3.11. The fourth-order valence-electron chi connectivity index (χ4n) is 2.28. The molecule has 0 saturated heterocycles. The largest absolute Gasteiger partial charge is 0.497 e. The van der Waals surface area contributed by atoms with E-state index in [2.05, 4.69) is 5.32 Å². The van der Waals surface area contributed by atoms with E-state index in [9.17, 15) is 4.79 Å². The summed E-state index contributed by atoms with van der Waals surface area (Å²) in [6.07, 6.45) is 0. The molecule has 128 valence electrons. The summed E-state index contributed by atoms with van der Waals surface area (Å²) in [7, 11) is 6.28. The van der Waals surface area contributed by atoms with Gasteiger partial charge in [-0.3, -0.25) is 4.79 Å². The number of rotatable bonds is 7. The van der Waals surface area contributed by atoms with Crippen LogP contribution in [0.25, 0.3) is 0 Å². The van der Waals surface area contributed by atoms with Gasteiger partial charge in [-0.25, -0.2) is 0 Å². The van der Waals surface area contributed by atoms with Crippen molar-refractivity contribution < 1.29 is 23.7 Å². The van der Waals surface area contributed by atoms with Crippen LogP contribution in [0.4, 0.5) is 5.69 Å². The van der Waals surface area contributed by atoms with Gasteiger partial charge in [-0.1, -0.05) is 0 Å². The second-order valence-corrected chi connectivity index (χ2v) is 4.98. The molecule has 0 aliphatic rings. The maximum absolute atomic E-state index is 12.5. The Morgan fingerprint density at radius 2 is 1.67 bits per heavy atom. The van der Waals surface area contributed by atoms with E-state index < -0.39 is 0 Å². The van der Waals surface area contributed by atoms with E-state index >= 15 is 0 Å². The van der Waals surface area contributed by atoms with Gasteiger partial charge in [0.25, 0.3) is 5.91 Å². The van der Waals surface area contributed by atoms with Crippen LogP contribution in [-0.2, 0) is 11.3 Å². The number of ether oxygens (including phenoxy) is 4. The third kappa shape index (κ3) is 3.97. The Bertz CT molecular complexity index is 715. The molecule has 1 N–H and O–H groups in total. The van der Waals surface area contributed by atoms with Crippen molar-refractivity contribution in [3.63, 3.8) is 0 Å². The van der Waals surface area contributed by atoms with Crippen molar-refractivity contribution in [2.75, 3.05) is 33.8 Å². The van der Waals surface area contributed by atoms with Gasteiger partial charge in [0.1, 0.15) is 17.2 Å². The molecule has 2 rings (SSSR count). The number of benzene rings is 2. The molecule has 6 heteroatoms. The molecule has 1 amide bonds. The molecule has 0 spiro atoms. The van der Waals surface area contributed by atoms with Gasteiger partial charge >= 0.3 is 0 Å². The Hall–Kier alpha value is -2.73. The van der Waals surface area contributed by atoms with E-state index in [1.807, 2.05) is 0 Å². The molecule has 0 aliphatic carbocycles. The van der Waals surface area contributed by atoms with Crippen LogP contribution in [0.1, 0.15) is 15.9 Å². The third-order valence-electron chi connectivity index (χ3n) is 3.50. The van der Waals surface area contributed by atoms with E-state index in [1.165, 1.54) is 7.11 Å². The number of hydrogen-bond acceptors (Lipinski definition) is 5. The molecule has 0 heterocycles. The Morgan fingerprint density at radius 1 is 0.917 bits per heavy atom. The van der Waals surface area contributed by atoms with Gasteiger partial charge in [-0.2, -0.15) is 0 Å². The van der Waals surface area contributed by atoms with Gasteiger partial charge < -0.3 is 24.3 Å². The average molecular weight is 331 g/mol. The molecule has 2 aromatic carbocycles. The Balaban J connectivity index is 2.25. The number of amides is 1. The minimum absolute atomic E-state index is 0.251. The van der Waals surface area contributed by atoms with Gasteiger partial charge in [0.2, 0.25) is 0 Å². The van der Waals surface area contributed by atoms with Gasteiger partial charge in [0, 0.05) is 24.3 Å². The first kappa shape index (κ1) is 17.6. The van der Waals surface area contributed by atoms with Crippen LogP contribution in [0.15, 0.2) is 36.4 Å². The fourth-order valence-corrected chi connectivity index (χ4v) is 2.28. The highest BCUT2D eigenvalue weighted by atomic mass is 16.5. The summed E-state index contributed by atoms with van der Waals surface area (Å²) in [4.78, 5) is 12.5. The molecule has 6 nitrogen and oxygen atoms in total. The van der Waals surface area contributed by atoms with Gasteiger partial charge in [0.05, 0.1) is 33.6 Å². The van der Waals surface area contributed by atoms with Gasteiger partial charge in [-0.15, -0.1) is 0 Å². The van der Waals surface area contributed by atoms with E-state index in [0.29, 0.717) is 35.1 Å². The summed E-state index contributed by atoms with van der Waals surface area (Å²) >= 11 is 0. The van der Waals surface area contributed by atoms with E-state index in [4.69, 9.17) is 18.9 Å². The van der Waals surface area contributed by atoms with Crippen LogP contribution in [0.3, 0.4) is 0 Å². The van der Waals surface area contributed by atoms with Gasteiger partial charge in [-0.05, 0) is 30.3 Å². The average Bonchev–Trinajstić information content (AvgIpc) is 2.62. The van der Waals surface area contributed by atoms with Gasteiger partial charge in [0.15, 0.2) is 0 Å². The van der Waals surface area contributed by atoms with Crippen LogP contribution < -0.4 is 19.5 Å². The quantitative estimate of drug-likeness (QED) is 0.844. The molecule has 24 heavy (non-hydrogen) atoms. The van der Waals surface area contributed by atoms with Crippen molar-refractivity contribution in [1.82, 2.24) is 0 Å². The second kappa shape index (κ2) is 8.21. The normalized spacial score (nSPS) is 10.2. The number of hydrogen-bond donors (Lipinski definition) is 1. The molecule has 0 bridgehead atoms. The lowest BCUT2D eigenvalue weighted by Gasteiger charge is -2.13. The Labute approximate surface area is 141 Å². The SMILES string of the molecule is COCc1cc(C(=O)Nc2ccc(OC)cc2OC)ccc1OC. The van der Waals surface area contributed by atoms with Crippen molar-refractivity contribution >= 4 is 11.6 Å². The summed E-state index contributed by atoms with van der Waals surface area (Å²) in [5.74, 6) is 1.60. The minimum atomic E-state index is -0.251. The molecule has 0 fully saturated rings. The van der Waals surface area contributed by atoms with Crippen molar-refractivity contribution in [3.8, 4) is 17.2 Å².